The van der Waals surface area contributed by atoms with Crippen LogP contribution in [0.3, 0.4) is 0 Å². The first-order chi connectivity index (χ1) is 12.6. The number of hydrogen-bond donors (Lipinski definition) is 1. The van der Waals surface area contributed by atoms with Crippen LogP contribution in [0.4, 0.5) is 0 Å². The smallest absolute Gasteiger partial charge is 0.194 e. The van der Waals surface area contributed by atoms with Gasteiger partial charge >= 0.3 is 0 Å². The van der Waals surface area contributed by atoms with Crippen LogP contribution in [0.5, 0.6) is 0 Å². The summed E-state index contributed by atoms with van der Waals surface area (Å²) >= 11 is 0. The third kappa shape index (κ3) is 5.48. The second-order valence-corrected chi connectivity index (χ2v) is 8.42. The van der Waals surface area contributed by atoms with Crippen molar-refractivity contribution in [2.75, 3.05) is 40.0 Å². The lowest BCUT2D eigenvalue weighted by molar-refractivity contribution is -0.115. The molecule has 27 heavy (non-hydrogen) atoms. The maximum absolute atomic E-state index is 6.08. The largest absolute Gasteiger partial charge is 0.378 e. The van der Waals surface area contributed by atoms with E-state index in [-0.39, 0.29) is 41.6 Å². The van der Waals surface area contributed by atoms with E-state index in [4.69, 9.17) is 14.2 Å². The molecule has 2 saturated heterocycles. The van der Waals surface area contributed by atoms with E-state index in [1.807, 2.05) is 7.05 Å². The van der Waals surface area contributed by atoms with Gasteiger partial charge in [0.05, 0.1) is 18.8 Å². The van der Waals surface area contributed by atoms with E-state index >= 15 is 0 Å². The summed E-state index contributed by atoms with van der Waals surface area (Å²) in [6, 6.07) is 0.400. The van der Waals surface area contributed by atoms with Crippen molar-refractivity contribution in [1.29, 1.82) is 0 Å². The van der Waals surface area contributed by atoms with Crippen molar-refractivity contribution in [2.45, 2.75) is 77.2 Å². The van der Waals surface area contributed by atoms with Gasteiger partial charge in [0, 0.05) is 44.8 Å². The van der Waals surface area contributed by atoms with Gasteiger partial charge in [0.25, 0.3) is 0 Å². The predicted molar refractivity (Wildman–Crippen MR) is 119 cm³/mol. The van der Waals surface area contributed by atoms with E-state index in [1.54, 1.807) is 0 Å². The van der Waals surface area contributed by atoms with Crippen molar-refractivity contribution in [2.24, 2.45) is 10.4 Å². The Balaban J connectivity index is 0.00000261. The third-order valence-electron chi connectivity index (χ3n) is 6.28. The Bertz CT molecular complexity index is 483. The Morgan fingerprint density at radius 3 is 2.67 bits per heavy atom. The van der Waals surface area contributed by atoms with Gasteiger partial charge in [-0.25, -0.2) is 0 Å². The zero-order valence-electron chi connectivity index (χ0n) is 17.4. The van der Waals surface area contributed by atoms with Gasteiger partial charge in [-0.3, -0.25) is 4.99 Å². The average Bonchev–Trinajstić information content (AvgIpc) is 3.18. The first-order valence-electron chi connectivity index (χ1n) is 10.4. The van der Waals surface area contributed by atoms with E-state index < -0.39 is 0 Å². The molecule has 3 rings (SSSR count). The van der Waals surface area contributed by atoms with Crippen LogP contribution in [0, 0.1) is 5.41 Å². The van der Waals surface area contributed by atoms with Crippen LogP contribution in [0.25, 0.3) is 0 Å². The Kier molecular flexibility index (Phi) is 9.09. The molecule has 2 aliphatic heterocycles. The van der Waals surface area contributed by atoms with Crippen LogP contribution in [0.1, 0.15) is 52.9 Å². The molecule has 1 N–H and O–H groups in total. The van der Waals surface area contributed by atoms with Gasteiger partial charge in [-0.15, -0.1) is 24.0 Å². The molecule has 0 amide bonds. The Hall–Kier alpha value is -0.120. The van der Waals surface area contributed by atoms with Crippen molar-refractivity contribution in [3.05, 3.63) is 0 Å². The number of morpholine rings is 1. The molecule has 4 unspecified atom stereocenters. The summed E-state index contributed by atoms with van der Waals surface area (Å²) in [5.74, 6) is 0.987. The van der Waals surface area contributed by atoms with Gasteiger partial charge < -0.3 is 24.4 Å². The van der Waals surface area contributed by atoms with Crippen LogP contribution < -0.4 is 5.32 Å². The van der Waals surface area contributed by atoms with Crippen LogP contribution in [-0.2, 0) is 14.2 Å². The summed E-state index contributed by atoms with van der Waals surface area (Å²) in [4.78, 5) is 6.89. The van der Waals surface area contributed by atoms with Crippen molar-refractivity contribution in [3.63, 3.8) is 0 Å². The highest BCUT2D eigenvalue weighted by Crippen LogP contribution is 2.43. The molecule has 6 nitrogen and oxygen atoms in total. The molecule has 7 heteroatoms. The molecule has 0 aromatic rings. The number of unbranched alkanes of at least 4 members (excludes halogenated alkanes) is 1. The summed E-state index contributed by atoms with van der Waals surface area (Å²) in [6.07, 6.45) is 6.37. The second-order valence-electron chi connectivity index (χ2n) is 8.42. The summed E-state index contributed by atoms with van der Waals surface area (Å²) in [6.45, 7) is 11.0. The summed E-state index contributed by atoms with van der Waals surface area (Å²) in [5, 5.41) is 3.69. The third-order valence-corrected chi connectivity index (χ3v) is 6.28. The number of nitrogens with zero attached hydrogens (tertiary/aromatic N) is 2. The summed E-state index contributed by atoms with van der Waals surface area (Å²) in [7, 11) is 1.87. The fourth-order valence-electron chi connectivity index (χ4n) is 4.22. The number of rotatable bonds is 6. The zero-order chi connectivity index (χ0) is 18.6. The molecular formula is C20H38IN3O3. The quantitative estimate of drug-likeness (QED) is 0.266. The minimum Gasteiger partial charge on any atom is -0.378 e. The normalized spacial score (nSPS) is 33.3. The number of halogens is 1. The standard InChI is InChI=1S/C20H37N3O3.HI/c1-5-6-10-26-18-13-17(20(18,2)3)22-19(21-4)23-9-12-25-16(14-23)15-8-7-11-24-15;/h15-18H,5-14H2,1-4H3,(H,21,22);1H. The maximum Gasteiger partial charge on any atom is 0.194 e. The van der Waals surface area contributed by atoms with Gasteiger partial charge in [-0.1, -0.05) is 27.2 Å². The molecule has 0 aromatic carbocycles. The highest BCUT2D eigenvalue weighted by Gasteiger charge is 2.49. The molecular weight excluding hydrogens is 457 g/mol. The minimum absolute atomic E-state index is 0. The molecule has 0 radical (unpaired) electrons. The van der Waals surface area contributed by atoms with Gasteiger partial charge in [0.2, 0.25) is 0 Å². The lowest BCUT2D eigenvalue weighted by atomic mass is 9.64. The molecule has 158 valence electrons. The fraction of sp³-hybridized carbons (Fsp3) is 0.950. The number of guanidine groups is 1. The van der Waals surface area contributed by atoms with E-state index in [9.17, 15) is 0 Å². The van der Waals surface area contributed by atoms with E-state index in [0.29, 0.717) is 12.1 Å². The van der Waals surface area contributed by atoms with Crippen LogP contribution >= 0.6 is 24.0 Å². The van der Waals surface area contributed by atoms with Gasteiger partial charge in [0.15, 0.2) is 5.96 Å². The maximum atomic E-state index is 6.08. The Morgan fingerprint density at radius 2 is 2.04 bits per heavy atom. The zero-order valence-corrected chi connectivity index (χ0v) is 19.7. The fourth-order valence-corrected chi connectivity index (χ4v) is 4.22. The highest BCUT2D eigenvalue weighted by atomic mass is 127. The van der Waals surface area contributed by atoms with Crippen LogP contribution in [0.2, 0.25) is 0 Å². The number of nitrogens with one attached hydrogen (secondary N) is 1. The van der Waals surface area contributed by atoms with E-state index in [2.05, 4.69) is 36.0 Å². The minimum atomic E-state index is 0. The molecule has 3 fully saturated rings. The molecule has 0 aromatic heterocycles. The first kappa shape index (κ1) is 23.2. The number of hydrogen-bond acceptors (Lipinski definition) is 4. The van der Waals surface area contributed by atoms with Crippen LogP contribution in [0.15, 0.2) is 4.99 Å². The molecule has 0 spiro atoms. The van der Waals surface area contributed by atoms with Gasteiger partial charge in [-0.05, 0) is 25.7 Å². The molecule has 4 atom stereocenters. The molecule has 3 aliphatic rings. The Labute approximate surface area is 181 Å². The molecule has 0 bridgehead atoms. The number of aliphatic imine (C=N–C) groups is 1. The monoisotopic (exact) mass is 495 g/mol. The van der Waals surface area contributed by atoms with Crippen molar-refractivity contribution in [1.82, 2.24) is 10.2 Å². The van der Waals surface area contributed by atoms with Crippen molar-refractivity contribution in [3.8, 4) is 0 Å². The first-order valence-corrected chi connectivity index (χ1v) is 10.4. The highest BCUT2D eigenvalue weighted by molar-refractivity contribution is 14.0. The van der Waals surface area contributed by atoms with Crippen LogP contribution in [-0.4, -0.2) is 75.2 Å². The van der Waals surface area contributed by atoms with E-state index in [0.717, 1.165) is 64.6 Å². The van der Waals surface area contributed by atoms with Crippen molar-refractivity contribution >= 4 is 29.9 Å². The molecule has 1 saturated carbocycles. The average molecular weight is 495 g/mol. The van der Waals surface area contributed by atoms with Gasteiger partial charge in [0.1, 0.15) is 6.10 Å². The predicted octanol–water partition coefficient (Wildman–Crippen LogP) is 3.04. The van der Waals surface area contributed by atoms with E-state index in [1.165, 1.54) is 6.42 Å². The Morgan fingerprint density at radius 1 is 1.26 bits per heavy atom. The number of ether oxygens (including phenoxy) is 3. The van der Waals surface area contributed by atoms with Gasteiger partial charge in [-0.2, -0.15) is 0 Å². The lowest BCUT2D eigenvalue weighted by Crippen LogP contribution is -2.65. The summed E-state index contributed by atoms with van der Waals surface area (Å²) in [5.41, 5.74) is 0.129. The molecule has 1 aliphatic carbocycles. The molecule has 2 heterocycles. The van der Waals surface area contributed by atoms with Crippen molar-refractivity contribution < 1.29 is 14.2 Å². The SMILES string of the molecule is CCCCOC1CC(NC(=NC)N2CCOC(C3CCCO3)C2)C1(C)C.I. The second kappa shape index (κ2) is 10.6. The summed E-state index contributed by atoms with van der Waals surface area (Å²) < 4.78 is 17.9. The lowest BCUT2D eigenvalue weighted by Gasteiger charge is -2.53. The topological polar surface area (TPSA) is 55.3 Å².